The highest BCUT2D eigenvalue weighted by atomic mass is 31.1. The lowest BCUT2D eigenvalue weighted by atomic mass is 9.93. The molecule has 1 fully saturated rings. The Bertz CT molecular complexity index is 1170. The van der Waals surface area contributed by atoms with Crippen molar-refractivity contribution in [1.82, 2.24) is 20.2 Å². The summed E-state index contributed by atoms with van der Waals surface area (Å²) in [7, 11) is -2.18. The molecule has 0 saturated carbocycles. The van der Waals surface area contributed by atoms with Crippen LogP contribution in [0.15, 0.2) is 67.0 Å². The molecule has 4 N–H and O–H groups in total. The van der Waals surface area contributed by atoms with Gasteiger partial charge < -0.3 is 26.3 Å². The predicted octanol–water partition coefficient (Wildman–Crippen LogP) is 3.39. The number of aromatic nitrogens is 3. The molecule has 0 spiro atoms. The zero-order chi connectivity index (χ0) is 29.7. The monoisotopic (exact) mass is 575 g/mol. The fraction of sp³-hybridized carbons (Fsp3) is 0.385. The molecule has 1 amide bonds. The summed E-state index contributed by atoms with van der Waals surface area (Å²) in [5.74, 6) is 0.622. The van der Waals surface area contributed by atoms with Gasteiger partial charge in [0.2, 0.25) is 5.82 Å². The van der Waals surface area contributed by atoms with Gasteiger partial charge >= 0.3 is 8.25 Å². The van der Waals surface area contributed by atoms with Crippen LogP contribution < -0.4 is 20.3 Å². The number of ketones is 1. The maximum atomic E-state index is 11.5. The van der Waals surface area contributed by atoms with Crippen molar-refractivity contribution in [1.29, 1.82) is 0 Å². The van der Waals surface area contributed by atoms with E-state index in [1.165, 1.54) is 24.9 Å². The van der Waals surface area contributed by atoms with E-state index in [2.05, 4.69) is 10.1 Å². The number of para-hydroxylation sites is 2. The van der Waals surface area contributed by atoms with E-state index in [0.29, 0.717) is 11.5 Å². The highest BCUT2D eigenvalue weighted by molar-refractivity contribution is 7.34. The number of aliphatic hydroxyl groups excluding tert-OH is 1. The number of benzene rings is 2. The maximum Gasteiger partial charge on any atom is 0.805 e. The number of nitrogens with zero attached hydrogens (tertiary/aromatic N) is 3. The van der Waals surface area contributed by atoms with Gasteiger partial charge in [-0.25, -0.2) is 18.7 Å². The number of hydrogen-bond acceptors (Lipinski definition) is 11. The molecule has 1 unspecified atom stereocenters. The Kier molecular flexibility index (Phi) is 13.3. The third-order valence-corrected chi connectivity index (χ3v) is 6.70. The van der Waals surface area contributed by atoms with Crippen molar-refractivity contribution in [3.63, 3.8) is 0 Å². The summed E-state index contributed by atoms with van der Waals surface area (Å²) in [6.07, 6.45) is 0.896. The van der Waals surface area contributed by atoms with Crippen molar-refractivity contribution in [3.8, 4) is 11.5 Å². The molecule has 13 nitrogen and oxygen atoms in total. The number of primary amides is 1. The van der Waals surface area contributed by atoms with E-state index < -0.39 is 20.2 Å². The third-order valence-electron chi connectivity index (χ3n) is 5.98. The molecule has 0 radical (unpaired) electrons. The molecule has 1 aromatic heterocycles. The molecule has 0 bridgehead atoms. The fourth-order valence-corrected chi connectivity index (χ4v) is 3.91. The van der Waals surface area contributed by atoms with Crippen LogP contribution in [0.25, 0.3) is 0 Å². The van der Waals surface area contributed by atoms with Crippen LogP contribution in [0.1, 0.15) is 44.5 Å². The zero-order valence-electron chi connectivity index (χ0n) is 22.6. The summed E-state index contributed by atoms with van der Waals surface area (Å²) >= 11 is 0. The summed E-state index contributed by atoms with van der Waals surface area (Å²) in [6, 6.07) is 17.3. The Hall–Kier alpha value is -3.74. The molecule has 4 rings (SSSR count). The number of aliphatic hydroxyl groups is 1. The van der Waals surface area contributed by atoms with Gasteiger partial charge in [0.25, 0.3) is 5.91 Å². The SMILES string of the molecule is CC(=O)[C@@H](C)N[O-].CC1[C@@H](CO)O[C@@H](n2cnc(C(N)=O)n2)[C@H]1C.O=[P+](Oc1ccccc1)Oc1ccccc1. The van der Waals surface area contributed by atoms with E-state index in [0.717, 1.165) is 0 Å². The van der Waals surface area contributed by atoms with Gasteiger partial charge in [-0.15, -0.1) is 5.10 Å². The van der Waals surface area contributed by atoms with Crippen molar-refractivity contribution in [2.75, 3.05) is 6.61 Å². The van der Waals surface area contributed by atoms with E-state index in [1.54, 1.807) is 54.0 Å². The van der Waals surface area contributed by atoms with Gasteiger partial charge in [-0.3, -0.25) is 9.59 Å². The highest BCUT2D eigenvalue weighted by Gasteiger charge is 2.40. The first-order valence-electron chi connectivity index (χ1n) is 12.4. The maximum absolute atomic E-state index is 11.5. The summed E-state index contributed by atoms with van der Waals surface area (Å²) < 4.78 is 28.9. The Morgan fingerprint density at radius 2 is 1.62 bits per heavy atom. The summed E-state index contributed by atoms with van der Waals surface area (Å²) in [5, 5.41) is 22.7. The predicted molar refractivity (Wildman–Crippen MR) is 146 cm³/mol. The van der Waals surface area contributed by atoms with Crippen molar-refractivity contribution < 1.29 is 33.0 Å². The number of carbonyl (C=O) groups is 2. The molecule has 0 aliphatic carbocycles. The van der Waals surface area contributed by atoms with Crippen LogP contribution in [0.2, 0.25) is 0 Å². The number of nitrogens with two attached hydrogens (primary N) is 1. The van der Waals surface area contributed by atoms with Crippen molar-refractivity contribution in [3.05, 3.63) is 78.0 Å². The molecule has 2 aromatic carbocycles. The van der Waals surface area contributed by atoms with Crippen LogP contribution in [-0.2, 0) is 14.1 Å². The number of Topliss-reactive ketones (excluding diaryl/α,β-unsaturated/α-hetero) is 1. The molecule has 1 saturated heterocycles. The number of carbonyl (C=O) groups excluding carboxylic acids is 2. The van der Waals surface area contributed by atoms with Gasteiger partial charge in [0.15, 0.2) is 17.7 Å². The van der Waals surface area contributed by atoms with Crippen LogP contribution in [-0.4, -0.2) is 50.3 Å². The average molecular weight is 576 g/mol. The molecular formula is C26H34N5O8P. The Morgan fingerprint density at radius 3 is 1.98 bits per heavy atom. The topological polar surface area (TPSA) is 191 Å². The van der Waals surface area contributed by atoms with Crippen LogP contribution in [0, 0.1) is 17.0 Å². The Balaban J connectivity index is 0.000000229. The number of rotatable bonds is 9. The van der Waals surface area contributed by atoms with Gasteiger partial charge in [-0.2, -0.15) is 0 Å². The summed E-state index contributed by atoms with van der Waals surface area (Å²) in [4.78, 5) is 24.8. The van der Waals surface area contributed by atoms with Crippen molar-refractivity contribution in [2.24, 2.45) is 17.6 Å². The molecule has 40 heavy (non-hydrogen) atoms. The van der Waals surface area contributed by atoms with Crippen molar-refractivity contribution in [2.45, 2.75) is 46.1 Å². The van der Waals surface area contributed by atoms with Crippen LogP contribution in [0.3, 0.4) is 0 Å². The average Bonchev–Trinajstić information content (AvgIpc) is 3.55. The van der Waals surface area contributed by atoms with Gasteiger partial charge in [0.05, 0.1) is 18.8 Å². The minimum atomic E-state index is -2.18. The molecule has 5 atom stereocenters. The molecule has 216 valence electrons. The normalized spacial score (nSPS) is 20.1. The molecule has 1 aliphatic heterocycles. The fourth-order valence-electron chi connectivity index (χ4n) is 3.28. The summed E-state index contributed by atoms with van der Waals surface area (Å²) in [5.41, 5.74) is 6.65. The minimum Gasteiger partial charge on any atom is -0.787 e. The lowest BCUT2D eigenvalue weighted by Gasteiger charge is -2.15. The van der Waals surface area contributed by atoms with Gasteiger partial charge in [0.1, 0.15) is 12.1 Å². The van der Waals surface area contributed by atoms with E-state index in [9.17, 15) is 19.4 Å². The van der Waals surface area contributed by atoms with Crippen LogP contribution >= 0.6 is 8.25 Å². The minimum absolute atomic E-state index is 0.0269. The molecule has 3 aromatic rings. The highest BCUT2D eigenvalue weighted by Crippen LogP contribution is 2.38. The number of hydrogen-bond donors (Lipinski definition) is 3. The number of hydroxylamine groups is 1. The van der Waals surface area contributed by atoms with E-state index >= 15 is 0 Å². The van der Waals surface area contributed by atoms with Crippen LogP contribution in [0.5, 0.6) is 11.5 Å². The standard InChI is InChI=1S/C12H10O3P.C10H16N4O3.C4H8NO2/c13-16(14-11-7-3-1-4-8-11)15-12-9-5-2-6-10-12;1-5-6(2)10(17-7(5)3-15)14-4-12-9(13-14)8(11)16;1-3(5-7)4(2)6/h1-10H;4-7,10,15H,3H2,1-2H3,(H2,11,16);3,5H,1-2H3/q+1;;-1/t;5?,6-,7+,10+;3-/m.01/s1. The number of nitrogens with one attached hydrogen (secondary N) is 1. The lowest BCUT2D eigenvalue weighted by Crippen LogP contribution is -2.26. The molecule has 1 aliphatic rings. The first kappa shape index (κ1) is 32.5. The van der Waals surface area contributed by atoms with Gasteiger partial charge in [-0.1, -0.05) is 50.2 Å². The Morgan fingerprint density at radius 1 is 1.10 bits per heavy atom. The molecular weight excluding hydrogens is 541 g/mol. The Labute approximate surface area is 233 Å². The summed E-state index contributed by atoms with van der Waals surface area (Å²) in [6.45, 7) is 6.89. The van der Waals surface area contributed by atoms with E-state index in [4.69, 9.17) is 24.6 Å². The largest absolute Gasteiger partial charge is 0.805 e. The quantitative estimate of drug-likeness (QED) is 0.250. The second kappa shape index (κ2) is 16.4. The second-order valence-electron chi connectivity index (χ2n) is 8.86. The van der Waals surface area contributed by atoms with Crippen LogP contribution in [0.4, 0.5) is 0 Å². The second-order valence-corrected chi connectivity index (χ2v) is 9.67. The van der Waals surface area contributed by atoms with E-state index in [1.807, 2.05) is 26.0 Å². The molecule has 14 heteroatoms. The van der Waals surface area contributed by atoms with Crippen molar-refractivity contribution >= 4 is 19.9 Å². The molecule has 2 heterocycles. The first-order valence-corrected chi connectivity index (χ1v) is 13.5. The van der Waals surface area contributed by atoms with E-state index in [-0.39, 0.29) is 42.4 Å². The number of amides is 1. The number of ether oxygens (including phenoxy) is 1. The third kappa shape index (κ3) is 10.1. The van der Waals surface area contributed by atoms with Gasteiger partial charge in [0, 0.05) is 10.5 Å². The lowest BCUT2D eigenvalue weighted by molar-refractivity contribution is -0.118. The zero-order valence-corrected chi connectivity index (χ0v) is 23.5. The van der Waals surface area contributed by atoms with Gasteiger partial charge in [-0.05, 0) is 44.0 Å². The first-order chi connectivity index (χ1) is 19.1. The smallest absolute Gasteiger partial charge is 0.787 e.